The van der Waals surface area contributed by atoms with Crippen molar-refractivity contribution in [2.24, 2.45) is 0 Å². The number of benzene rings is 1. The van der Waals surface area contributed by atoms with Gasteiger partial charge in [0.05, 0.1) is 6.04 Å². The van der Waals surface area contributed by atoms with Crippen LogP contribution in [0.4, 0.5) is 0 Å². The van der Waals surface area contributed by atoms with Crippen molar-refractivity contribution < 1.29 is 9.21 Å². The number of fused-ring (bicyclic) bond motifs is 2. The van der Waals surface area contributed by atoms with Crippen LogP contribution in [0.15, 0.2) is 22.6 Å². The molecule has 1 fully saturated rings. The average molecular weight is 399 g/mol. The van der Waals surface area contributed by atoms with E-state index < -0.39 is 0 Å². The van der Waals surface area contributed by atoms with Crippen LogP contribution < -0.4 is 0 Å². The van der Waals surface area contributed by atoms with E-state index in [9.17, 15) is 4.79 Å². The Morgan fingerprint density at radius 1 is 1.18 bits per heavy atom. The van der Waals surface area contributed by atoms with Crippen molar-refractivity contribution >= 4 is 28.5 Å². The molecule has 7 heteroatoms. The first-order valence-corrected chi connectivity index (χ1v) is 10.4. The second-order valence-electron chi connectivity index (χ2n) is 7.79. The minimum atomic E-state index is -0.0710. The molecule has 2 aliphatic rings. The summed E-state index contributed by atoms with van der Waals surface area (Å²) >= 11 is 6.12. The number of aryl methyl sites for hydroxylation is 2. The van der Waals surface area contributed by atoms with Gasteiger partial charge in [-0.25, -0.2) is 0 Å². The summed E-state index contributed by atoms with van der Waals surface area (Å²) in [7, 11) is 0. The molecular formula is C21H23ClN4O2. The predicted molar refractivity (Wildman–Crippen MR) is 107 cm³/mol. The number of nitrogens with zero attached hydrogens (tertiary/aromatic N) is 4. The van der Waals surface area contributed by atoms with E-state index in [1.165, 1.54) is 6.42 Å². The number of carbonyl (C=O) groups is 1. The maximum absolute atomic E-state index is 13.4. The van der Waals surface area contributed by atoms with Crippen LogP contribution in [0.2, 0.25) is 5.02 Å². The fraction of sp³-hybridized carbons (Fsp3) is 0.476. The van der Waals surface area contributed by atoms with Gasteiger partial charge in [0.25, 0.3) is 5.91 Å². The van der Waals surface area contributed by atoms with Crippen molar-refractivity contribution in [2.45, 2.75) is 58.0 Å². The molecule has 0 N–H and O–H groups in total. The van der Waals surface area contributed by atoms with Crippen LogP contribution in [0.5, 0.6) is 0 Å². The lowest BCUT2D eigenvalue weighted by Gasteiger charge is -2.24. The van der Waals surface area contributed by atoms with E-state index in [1.54, 1.807) is 6.07 Å². The number of amides is 1. The fourth-order valence-electron chi connectivity index (χ4n) is 4.56. The summed E-state index contributed by atoms with van der Waals surface area (Å²) in [4.78, 5) is 15.3. The Morgan fingerprint density at radius 3 is 2.96 bits per heavy atom. The molecule has 4 heterocycles. The molecule has 0 radical (unpaired) electrons. The highest BCUT2D eigenvalue weighted by molar-refractivity contribution is 6.31. The summed E-state index contributed by atoms with van der Waals surface area (Å²) in [6, 6.07) is 5.42. The van der Waals surface area contributed by atoms with Gasteiger partial charge in [-0.1, -0.05) is 18.0 Å². The Hall–Kier alpha value is -2.34. The van der Waals surface area contributed by atoms with Crippen molar-refractivity contribution in [3.63, 3.8) is 0 Å². The second-order valence-corrected chi connectivity index (χ2v) is 8.23. The molecule has 1 amide bonds. The Labute approximate surface area is 168 Å². The van der Waals surface area contributed by atoms with Gasteiger partial charge in [-0.3, -0.25) is 4.79 Å². The van der Waals surface area contributed by atoms with Crippen molar-refractivity contribution in [3.05, 3.63) is 46.2 Å². The van der Waals surface area contributed by atoms with Gasteiger partial charge in [0, 0.05) is 35.5 Å². The van der Waals surface area contributed by atoms with Crippen molar-refractivity contribution in [2.75, 3.05) is 6.54 Å². The number of aromatic nitrogens is 3. The van der Waals surface area contributed by atoms with Crippen LogP contribution in [0, 0.1) is 6.92 Å². The highest BCUT2D eigenvalue weighted by Gasteiger charge is 2.36. The number of rotatable bonds is 2. The van der Waals surface area contributed by atoms with Crippen molar-refractivity contribution in [1.29, 1.82) is 0 Å². The first-order chi connectivity index (χ1) is 13.6. The average Bonchev–Trinajstić information content (AvgIpc) is 3.35. The molecule has 0 saturated carbocycles. The van der Waals surface area contributed by atoms with E-state index in [0.29, 0.717) is 22.9 Å². The van der Waals surface area contributed by atoms with Crippen LogP contribution in [0.25, 0.3) is 11.0 Å². The van der Waals surface area contributed by atoms with Gasteiger partial charge in [-0.05, 0) is 50.8 Å². The Kier molecular flexibility index (Phi) is 4.38. The lowest BCUT2D eigenvalue weighted by molar-refractivity contribution is 0.0696. The molecule has 1 aromatic carbocycles. The largest absolute Gasteiger partial charge is 0.451 e. The molecule has 146 valence electrons. The monoisotopic (exact) mass is 398 g/mol. The standard InChI is InChI=1S/C21H23ClN4O2/c1-13-15-12-14(22)8-9-17(15)28-19(13)21(27)25-11-5-6-16(25)20-24-23-18-7-3-2-4-10-26(18)20/h8-9,12,16H,2-7,10-11H2,1H3. The van der Waals surface area contributed by atoms with E-state index in [2.05, 4.69) is 14.8 Å². The van der Waals surface area contributed by atoms with Gasteiger partial charge in [-0.15, -0.1) is 10.2 Å². The van der Waals surface area contributed by atoms with Gasteiger partial charge in [0.2, 0.25) is 0 Å². The highest BCUT2D eigenvalue weighted by Crippen LogP contribution is 2.36. The van der Waals surface area contributed by atoms with Crippen LogP contribution >= 0.6 is 11.6 Å². The van der Waals surface area contributed by atoms with Crippen LogP contribution in [-0.2, 0) is 13.0 Å². The molecule has 1 unspecified atom stereocenters. The third-order valence-corrected chi connectivity index (χ3v) is 6.28. The van der Waals surface area contributed by atoms with E-state index in [1.807, 2.05) is 24.0 Å². The number of hydrogen-bond donors (Lipinski definition) is 0. The maximum Gasteiger partial charge on any atom is 0.290 e. The molecule has 0 bridgehead atoms. The van der Waals surface area contributed by atoms with Gasteiger partial charge >= 0.3 is 0 Å². The lowest BCUT2D eigenvalue weighted by Crippen LogP contribution is -2.32. The first kappa shape index (κ1) is 17.7. The quantitative estimate of drug-likeness (QED) is 0.628. The molecule has 2 aliphatic heterocycles. The molecule has 5 rings (SSSR count). The van der Waals surface area contributed by atoms with Gasteiger partial charge < -0.3 is 13.9 Å². The van der Waals surface area contributed by atoms with Gasteiger partial charge in [0.1, 0.15) is 11.4 Å². The van der Waals surface area contributed by atoms with Crippen molar-refractivity contribution in [3.8, 4) is 0 Å². The number of hydrogen-bond acceptors (Lipinski definition) is 4. The Bertz CT molecular complexity index is 1050. The number of halogens is 1. The van der Waals surface area contributed by atoms with E-state index in [-0.39, 0.29) is 11.9 Å². The molecule has 1 atom stereocenters. The second kappa shape index (κ2) is 6.92. The number of likely N-dealkylation sites (tertiary alicyclic amines) is 1. The van der Waals surface area contributed by atoms with E-state index >= 15 is 0 Å². The SMILES string of the molecule is Cc1c(C(=O)N2CCCC2c2nnc3n2CCCCC3)oc2ccc(Cl)cc12. The summed E-state index contributed by atoms with van der Waals surface area (Å²) in [6.07, 6.45) is 6.36. The van der Waals surface area contributed by atoms with E-state index in [4.69, 9.17) is 16.0 Å². The van der Waals surface area contributed by atoms with Gasteiger partial charge in [-0.2, -0.15) is 0 Å². The molecule has 2 aromatic heterocycles. The zero-order valence-electron chi connectivity index (χ0n) is 15.9. The molecule has 1 saturated heterocycles. The number of furan rings is 1. The van der Waals surface area contributed by atoms with Crippen LogP contribution in [0.1, 0.15) is 65.9 Å². The third-order valence-electron chi connectivity index (χ3n) is 6.04. The van der Waals surface area contributed by atoms with Crippen molar-refractivity contribution in [1.82, 2.24) is 19.7 Å². The summed E-state index contributed by atoms with van der Waals surface area (Å²) in [5.41, 5.74) is 1.53. The molecule has 3 aromatic rings. The highest BCUT2D eigenvalue weighted by atomic mass is 35.5. The number of carbonyl (C=O) groups excluding carboxylic acids is 1. The van der Waals surface area contributed by atoms with E-state index in [0.717, 1.165) is 61.2 Å². The minimum absolute atomic E-state index is 0.0388. The first-order valence-electron chi connectivity index (χ1n) is 10.0. The molecular weight excluding hydrogens is 376 g/mol. The zero-order valence-corrected chi connectivity index (χ0v) is 16.7. The summed E-state index contributed by atoms with van der Waals surface area (Å²) < 4.78 is 8.18. The normalized spacial score (nSPS) is 19.8. The Balaban J connectivity index is 1.50. The lowest BCUT2D eigenvalue weighted by atomic mass is 10.1. The molecule has 6 nitrogen and oxygen atoms in total. The summed E-state index contributed by atoms with van der Waals surface area (Å²) in [5.74, 6) is 2.32. The molecule has 28 heavy (non-hydrogen) atoms. The van der Waals surface area contributed by atoms with Crippen LogP contribution in [-0.4, -0.2) is 32.1 Å². The maximum atomic E-state index is 13.4. The predicted octanol–water partition coefficient (Wildman–Crippen LogP) is 4.69. The minimum Gasteiger partial charge on any atom is -0.451 e. The fourth-order valence-corrected chi connectivity index (χ4v) is 4.73. The smallest absolute Gasteiger partial charge is 0.290 e. The van der Waals surface area contributed by atoms with Gasteiger partial charge in [0.15, 0.2) is 11.6 Å². The summed E-state index contributed by atoms with van der Waals surface area (Å²) in [5, 5.41) is 10.5. The molecule has 0 spiro atoms. The topological polar surface area (TPSA) is 64.2 Å². The zero-order chi connectivity index (χ0) is 19.3. The third kappa shape index (κ3) is 2.82. The molecule has 0 aliphatic carbocycles. The summed E-state index contributed by atoms with van der Waals surface area (Å²) in [6.45, 7) is 3.57. The Morgan fingerprint density at radius 2 is 2.07 bits per heavy atom. The van der Waals surface area contributed by atoms with Crippen LogP contribution in [0.3, 0.4) is 0 Å².